The van der Waals surface area contributed by atoms with Gasteiger partial charge in [0.05, 0.1) is 16.8 Å². The Kier molecular flexibility index (Phi) is 7.93. The Morgan fingerprint density at radius 1 is 0.697 bits per heavy atom. The lowest BCUT2D eigenvalue weighted by atomic mass is 10.1. The number of para-hydroxylation sites is 1. The van der Waals surface area contributed by atoms with E-state index in [9.17, 15) is 24.3 Å². The van der Waals surface area contributed by atoms with Crippen molar-refractivity contribution in [2.75, 3.05) is 5.32 Å². The third-order valence-corrected chi connectivity index (χ3v) is 5.09. The second kappa shape index (κ2) is 11.1. The van der Waals surface area contributed by atoms with E-state index in [2.05, 4.69) is 21.2 Å². The molecule has 9 heteroatoms. The molecule has 0 spiro atoms. The van der Waals surface area contributed by atoms with Crippen LogP contribution in [0.4, 0.5) is 5.69 Å². The summed E-state index contributed by atoms with van der Waals surface area (Å²) < 4.78 is 10.9. The molecule has 3 aromatic rings. The van der Waals surface area contributed by atoms with Gasteiger partial charge in [-0.25, -0.2) is 14.4 Å². The molecule has 0 saturated carbocycles. The van der Waals surface area contributed by atoms with E-state index < -0.39 is 36.0 Å². The second-order valence-electron chi connectivity index (χ2n) is 6.69. The van der Waals surface area contributed by atoms with Crippen LogP contribution < -0.4 is 5.32 Å². The van der Waals surface area contributed by atoms with E-state index in [0.717, 1.165) is 0 Å². The normalized spacial score (nSPS) is 12.2. The molecular weight excluding hydrogens is 494 g/mol. The minimum atomic E-state index is -2.10. The van der Waals surface area contributed by atoms with Gasteiger partial charge >= 0.3 is 17.9 Å². The van der Waals surface area contributed by atoms with Crippen LogP contribution in [0.1, 0.15) is 20.7 Å². The molecule has 0 saturated heterocycles. The molecule has 0 aromatic heterocycles. The van der Waals surface area contributed by atoms with Crippen molar-refractivity contribution in [3.63, 3.8) is 0 Å². The third kappa shape index (κ3) is 6.27. The zero-order valence-electron chi connectivity index (χ0n) is 17.0. The fourth-order valence-corrected chi connectivity index (χ4v) is 3.16. The van der Waals surface area contributed by atoms with Gasteiger partial charge in [-0.05, 0) is 52.3 Å². The molecule has 3 rings (SSSR count). The Bertz CT molecular complexity index is 1150. The van der Waals surface area contributed by atoms with Crippen LogP contribution in [0.25, 0.3) is 0 Å². The number of benzene rings is 3. The van der Waals surface area contributed by atoms with E-state index in [-0.39, 0.29) is 11.1 Å². The van der Waals surface area contributed by atoms with Crippen LogP contribution in [0.3, 0.4) is 0 Å². The fraction of sp³-hybridized carbons (Fsp3) is 0.0833. The molecule has 1 amide bonds. The number of halogens is 1. The summed E-state index contributed by atoms with van der Waals surface area (Å²) in [4.78, 5) is 50.1. The molecule has 168 valence electrons. The van der Waals surface area contributed by atoms with Crippen molar-refractivity contribution < 1.29 is 33.8 Å². The van der Waals surface area contributed by atoms with Crippen molar-refractivity contribution in [3.8, 4) is 0 Å². The molecule has 2 atom stereocenters. The lowest BCUT2D eigenvalue weighted by Gasteiger charge is -2.23. The quantitative estimate of drug-likeness (QED) is 0.439. The molecule has 0 radical (unpaired) electrons. The summed E-state index contributed by atoms with van der Waals surface area (Å²) in [6.45, 7) is 0. The van der Waals surface area contributed by atoms with Crippen LogP contribution in [0.5, 0.6) is 0 Å². The number of esters is 2. The van der Waals surface area contributed by atoms with Gasteiger partial charge in [0.15, 0.2) is 0 Å². The van der Waals surface area contributed by atoms with Crippen LogP contribution in [0, 0.1) is 0 Å². The summed E-state index contributed by atoms with van der Waals surface area (Å²) in [7, 11) is 0. The molecule has 0 aliphatic heterocycles. The zero-order valence-corrected chi connectivity index (χ0v) is 18.6. The molecule has 0 bridgehead atoms. The highest BCUT2D eigenvalue weighted by Gasteiger charge is 2.41. The van der Waals surface area contributed by atoms with Crippen LogP contribution in [0.2, 0.25) is 0 Å². The molecule has 0 unspecified atom stereocenters. The van der Waals surface area contributed by atoms with Gasteiger partial charge < -0.3 is 19.9 Å². The van der Waals surface area contributed by atoms with Gasteiger partial charge in [0.25, 0.3) is 5.91 Å². The van der Waals surface area contributed by atoms with Crippen LogP contribution in [-0.2, 0) is 19.1 Å². The Balaban J connectivity index is 1.91. The minimum Gasteiger partial charge on any atom is -0.478 e. The van der Waals surface area contributed by atoms with Gasteiger partial charge in [0.2, 0.25) is 12.2 Å². The standard InChI is InChI=1S/C24H18BrNO7/c25-17-13-7-8-14-18(17)26-21(27)19(32-23(30)15-9-3-1-4-10-15)20(22(28)29)33-24(31)16-11-5-2-6-12-16/h1-14,19-20H,(H,26,27)(H,28,29)/t19-,20+/m0/s1. The maximum atomic E-state index is 13.0. The number of anilines is 1. The molecule has 8 nitrogen and oxygen atoms in total. The van der Waals surface area contributed by atoms with E-state index in [1.54, 1.807) is 60.7 Å². The van der Waals surface area contributed by atoms with Crippen molar-refractivity contribution in [1.29, 1.82) is 0 Å². The summed E-state index contributed by atoms with van der Waals surface area (Å²) in [5.41, 5.74) is 0.472. The number of nitrogens with one attached hydrogen (secondary N) is 1. The van der Waals surface area contributed by atoms with Gasteiger partial charge in [-0.1, -0.05) is 48.5 Å². The first-order chi connectivity index (χ1) is 15.9. The summed E-state index contributed by atoms with van der Waals surface area (Å²) in [5.74, 6) is -4.59. The minimum absolute atomic E-state index is 0.0723. The Hall–Kier alpha value is -3.98. The van der Waals surface area contributed by atoms with Crippen LogP contribution in [0.15, 0.2) is 89.4 Å². The molecule has 33 heavy (non-hydrogen) atoms. The average Bonchev–Trinajstić information content (AvgIpc) is 2.83. The highest BCUT2D eigenvalue weighted by molar-refractivity contribution is 9.10. The predicted octanol–water partition coefficient (Wildman–Crippen LogP) is 3.92. The van der Waals surface area contributed by atoms with E-state index in [1.165, 1.54) is 24.3 Å². The van der Waals surface area contributed by atoms with Gasteiger partial charge in [-0.15, -0.1) is 0 Å². The molecular formula is C24H18BrNO7. The Morgan fingerprint density at radius 2 is 1.15 bits per heavy atom. The highest BCUT2D eigenvalue weighted by atomic mass is 79.9. The Morgan fingerprint density at radius 3 is 1.64 bits per heavy atom. The van der Waals surface area contributed by atoms with Gasteiger partial charge in [0.1, 0.15) is 0 Å². The van der Waals surface area contributed by atoms with Crippen molar-refractivity contribution in [2.45, 2.75) is 12.2 Å². The number of carbonyl (C=O) groups is 4. The number of carboxylic acid groups (broad SMARTS) is 1. The monoisotopic (exact) mass is 511 g/mol. The fourth-order valence-electron chi connectivity index (χ4n) is 2.78. The zero-order chi connectivity index (χ0) is 23.8. The summed E-state index contributed by atoms with van der Waals surface area (Å²) >= 11 is 3.27. The first-order valence-corrected chi connectivity index (χ1v) is 10.5. The van der Waals surface area contributed by atoms with E-state index in [0.29, 0.717) is 10.2 Å². The SMILES string of the molecule is O=C(O[C@H](C(=O)Nc1ccccc1Br)[C@@H](OC(=O)c1ccccc1)C(=O)O)c1ccccc1. The van der Waals surface area contributed by atoms with Crippen molar-refractivity contribution >= 4 is 45.4 Å². The van der Waals surface area contributed by atoms with Gasteiger partial charge in [-0.2, -0.15) is 0 Å². The smallest absolute Gasteiger partial charge is 0.349 e. The largest absolute Gasteiger partial charge is 0.478 e. The maximum Gasteiger partial charge on any atom is 0.349 e. The molecule has 2 N–H and O–H groups in total. The van der Waals surface area contributed by atoms with Gasteiger partial charge in [0, 0.05) is 4.47 Å². The number of hydrogen-bond acceptors (Lipinski definition) is 6. The van der Waals surface area contributed by atoms with Crippen LogP contribution in [-0.4, -0.2) is 41.1 Å². The van der Waals surface area contributed by atoms with E-state index in [4.69, 9.17) is 9.47 Å². The Labute approximate surface area is 197 Å². The lowest BCUT2D eigenvalue weighted by Crippen LogP contribution is -2.48. The number of ether oxygens (including phenoxy) is 2. The predicted molar refractivity (Wildman–Crippen MR) is 122 cm³/mol. The lowest BCUT2D eigenvalue weighted by molar-refractivity contribution is -0.157. The van der Waals surface area contributed by atoms with Crippen molar-refractivity contribution in [1.82, 2.24) is 0 Å². The molecule has 0 aliphatic rings. The second-order valence-corrected chi connectivity index (χ2v) is 7.55. The summed E-state index contributed by atoms with van der Waals surface area (Å²) in [6.07, 6.45) is -4.08. The van der Waals surface area contributed by atoms with Gasteiger partial charge in [-0.3, -0.25) is 4.79 Å². The topological polar surface area (TPSA) is 119 Å². The number of hydrogen-bond donors (Lipinski definition) is 2. The summed E-state index contributed by atoms with van der Waals surface area (Å²) in [5, 5.41) is 12.2. The average molecular weight is 512 g/mol. The third-order valence-electron chi connectivity index (χ3n) is 4.40. The molecule has 3 aromatic carbocycles. The number of amides is 1. The van der Waals surface area contributed by atoms with E-state index >= 15 is 0 Å². The number of carboxylic acids is 1. The molecule has 0 heterocycles. The summed E-state index contributed by atoms with van der Waals surface area (Å²) in [6, 6.07) is 22.0. The first kappa shape index (κ1) is 23.7. The number of rotatable bonds is 8. The van der Waals surface area contributed by atoms with Crippen molar-refractivity contribution in [2.24, 2.45) is 0 Å². The maximum absolute atomic E-state index is 13.0. The molecule has 0 aliphatic carbocycles. The first-order valence-electron chi connectivity index (χ1n) is 9.67. The number of aliphatic carboxylic acids is 1. The highest BCUT2D eigenvalue weighted by Crippen LogP contribution is 2.23. The molecule has 0 fully saturated rings. The van der Waals surface area contributed by atoms with Crippen LogP contribution >= 0.6 is 15.9 Å². The number of carbonyl (C=O) groups excluding carboxylic acids is 3. The van der Waals surface area contributed by atoms with E-state index in [1.807, 2.05) is 0 Å². The van der Waals surface area contributed by atoms with Crippen molar-refractivity contribution in [3.05, 3.63) is 101 Å².